The van der Waals surface area contributed by atoms with Gasteiger partial charge in [0.05, 0.1) is 0 Å². The molecule has 0 rings (SSSR count). The van der Waals surface area contributed by atoms with Gasteiger partial charge in [-0.1, -0.05) is 0 Å². The van der Waals surface area contributed by atoms with E-state index in [-0.39, 0.29) is 73.7 Å². The predicted octanol–water partition coefficient (Wildman–Crippen LogP) is -5.43. The Labute approximate surface area is 73.9 Å². The van der Waals surface area contributed by atoms with E-state index >= 15 is 0 Å². The van der Waals surface area contributed by atoms with Crippen LogP contribution in [0.4, 0.5) is 0 Å². The van der Waals surface area contributed by atoms with Crippen LogP contribution in [-0.4, -0.2) is 62.4 Å². The summed E-state index contributed by atoms with van der Waals surface area (Å²) in [5.41, 5.74) is 0. The van der Waals surface area contributed by atoms with E-state index in [1.165, 1.54) is 0 Å². The fourth-order valence-corrected chi connectivity index (χ4v) is 0. The molecule has 0 spiro atoms. The Balaban J connectivity index is 0. The molecule has 0 heterocycles. The Morgan fingerprint density at radius 3 is 0.500 bits per heavy atom. The van der Waals surface area contributed by atoms with E-state index in [1.807, 2.05) is 0 Å². The summed E-state index contributed by atoms with van der Waals surface area (Å²) in [6.45, 7) is 0. The van der Waals surface area contributed by atoms with E-state index in [0.717, 1.165) is 0 Å². The van der Waals surface area contributed by atoms with Crippen molar-refractivity contribution >= 4 is 39.5 Å². The van der Waals surface area contributed by atoms with E-state index in [2.05, 4.69) is 0 Å². The Morgan fingerprint density at radius 2 is 0.500 bits per heavy atom. The molecule has 0 aromatic carbocycles. The zero-order valence-electron chi connectivity index (χ0n) is 4.71. The Hall–Kier alpha value is 1.19. The minimum atomic E-state index is 0. The molecule has 0 saturated carbocycles. The van der Waals surface area contributed by atoms with Crippen LogP contribution in [0.2, 0.25) is 0 Å². The van der Waals surface area contributed by atoms with Crippen molar-refractivity contribution in [1.29, 1.82) is 0 Å². The molecule has 0 aromatic rings. The molecular formula is H17NaO6P+. The normalized spacial score (nSPS) is 0. The second-order valence-corrected chi connectivity index (χ2v) is 0. The van der Waals surface area contributed by atoms with Crippen LogP contribution >= 0.6 is 9.90 Å². The van der Waals surface area contributed by atoms with Crippen LogP contribution in [0.15, 0.2) is 0 Å². The number of hydrogen-bond donors (Lipinski definition) is 0. The van der Waals surface area contributed by atoms with Gasteiger partial charge >= 0.3 is 31.0 Å². The third kappa shape index (κ3) is 195. The van der Waals surface area contributed by atoms with Gasteiger partial charge in [-0.25, -0.2) is 0 Å². The van der Waals surface area contributed by atoms with Crippen LogP contribution in [0.1, 0.15) is 1.43 Å². The van der Waals surface area contributed by atoms with Gasteiger partial charge < -0.3 is 32.9 Å². The van der Waals surface area contributed by atoms with Crippen LogP contribution < -0.4 is 0 Å². The van der Waals surface area contributed by atoms with Crippen molar-refractivity contribution in [2.75, 3.05) is 0 Å². The van der Waals surface area contributed by atoms with Crippen LogP contribution in [0.3, 0.4) is 0 Å². The molecule has 0 saturated heterocycles. The second-order valence-electron chi connectivity index (χ2n) is 0. The molecule has 1 unspecified atom stereocenters. The molecule has 8 heteroatoms. The Bertz CT molecular complexity index is 13.0. The first-order valence-electron chi connectivity index (χ1n) is 0. The van der Waals surface area contributed by atoms with Gasteiger partial charge in [0.2, 0.25) is 0 Å². The average Bonchev–Trinajstić information content (AvgIpc) is 0. The van der Waals surface area contributed by atoms with Crippen LogP contribution in [-0.2, 0) is 0 Å². The maximum absolute atomic E-state index is 0. The monoisotopic (exact) mass is 167 g/mol. The zero-order valence-corrected chi connectivity index (χ0v) is 5.12. The molecule has 0 radical (unpaired) electrons. The summed E-state index contributed by atoms with van der Waals surface area (Å²) in [5.74, 6) is 0. The fraction of sp³-hybridized carbons (Fsp3) is 0. The molecule has 8 heavy (non-hydrogen) atoms. The molecule has 0 amide bonds. The van der Waals surface area contributed by atoms with Crippen molar-refractivity contribution in [2.24, 2.45) is 0 Å². The van der Waals surface area contributed by atoms with Crippen molar-refractivity contribution in [3.05, 3.63) is 0 Å². The Morgan fingerprint density at radius 1 is 0.500 bits per heavy atom. The topological polar surface area (TPSA) is 189 Å². The summed E-state index contributed by atoms with van der Waals surface area (Å²) in [6.07, 6.45) is 0. The molecule has 1 atom stereocenters. The molecule has 0 aromatic heterocycles. The van der Waals surface area contributed by atoms with Gasteiger partial charge in [-0.3, -0.25) is 0 Å². The molecule has 0 fully saturated rings. The second kappa shape index (κ2) is 299. The molecular weight excluding hydrogens is 150 g/mol. The third-order valence-corrected chi connectivity index (χ3v) is 0. The Kier molecular flexibility index (Phi) is 16300. The summed E-state index contributed by atoms with van der Waals surface area (Å²) in [7, 11) is 0. The molecule has 58 valence electrons. The van der Waals surface area contributed by atoms with Crippen LogP contribution in [0.5, 0.6) is 0 Å². The van der Waals surface area contributed by atoms with Crippen molar-refractivity contribution in [3.8, 4) is 0 Å². The molecule has 0 aliphatic carbocycles. The van der Waals surface area contributed by atoms with Gasteiger partial charge in [0.25, 0.3) is 0 Å². The molecule has 0 bridgehead atoms. The fourth-order valence-electron chi connectivity index (χ4n) is 0. The van der Waals surface area contributed by atoms with E-state index in [9.17, 15) is 0 Å². The third-order valence-electron chi connectivity index (χ3n) is 0. The number of rotatable bonds is 0. The standard InChI is InChI=1S/Na.6H2O.H3P.H/h;6*1H2;1H3;/p+1. The summed E-state index contributed by atoms with van der Waals surface area (Å²) in [5, 5.41) is 0. The first-order valence-corrected chi connectivity index (χ1v) is 0. The first kappa shape index (κ1) is 435. The van der Waals surface area contributed by atoms with Crippen LogP contribution in [0.25, 0.3) is 0 Å². The summed E-state index contributed by atoms with van der Waals surface area (Å²) in [4.78, 5) is 0. The predicted molar refractivity (Wildman–Crippen MR) is 41.0 cm³/mol. The average molecular weight is 167 g/mol. The van der Waals surface area contributed by atoms with Crippen molar-refractivity contribution in [2.45, 2.75) is 0 Å². The van der Waals surface area contributed by atoms with Gasteiger partial charge in [-0.2, -0.15) is 9.90 Å². The van der Waals surface area contributed by atoms with Gasteiger partial charge in [0.15, 0.2) is 0 Å². The first-order chi connectivity index (χ1) is 0. The van der Waals surface area contributed by atoms with Crippen LogP contribution in [0, 0.1) is 0 Å². The van der Waals surface area contributed by atoms with Gasteiger partial charge in [0.1, 0.15) is 0 Å². The summed E-state index contributed by atoms with van der Waals surface area (Å²) in [6, 6.07) is 0. The van der Waals surface area contributed by atoms with Crippen molar-refractivity contribution in [1.82, 2.24) is 0 Å². The number of hydrogen-bond acceptors (Lipinski definition) is 0. The molecule has 6 nitrogen and oxygen atoms in total. The van der Waals surface area contributed by atoms with E-state index in [1.54, 1.807) is 0 Å². The summed E-state index contributed by atoms with van der Waals surface area (Å²) >= 11 is 0. The van der Waals surface area contributed by atoms with E-state index < -0.39 is 0 Å². The van der Waals surface area contributed by atoms with Crippen molar-refractivity contribution in [3.63, 3.8) is 0 Å². The molecule has 0 aliphatic rings. The quantitative estimate of drug-likeness (QED) is 0.246. The minimum absolute atomic E-state index is 0. The summed E-state index contributed by atoms with van der Waals surface area (Å²) < 4.78 is 0. The SMILES string of the molecule is O.O.O.O.O.O.P.[H+].[NaH]. The van der Waals surface area contributed by atoms with Gasteiger partial charge in [-0.05, 0) is 0 Å². The van der Waals surface area contributed by atoms with E-state index in [4.69, 9.17) is 0 Å². The maximum atomic E-state index is 0. The van der Waals surface area contributed by atoms with E-state index in [0.29, 0.717) is 0 Å². The van der Waals surface area contributed by atoms with Gasteiger partial charge in [-0.15, -0.1) is 0 Å². The van der Waals surface area contributed by atoms with Crippen molar-refractivity contribution < 1.29 is 34.3 Å². The molecule has 0 aliphatic heterocycles. The molecule has 12 N–H and O–H groups in total. The van der Waals surface area contributed by atoms with Gasteiger partial charge in [0, 0.05) is 0 Å². The zero-order chi connectivity index (χ0) is 0.